The second-order valence-corrected chi connectivity index (χ2v) is 4.55. The Hall–Kier alpha value is -2.11. The minimum Gasteiger partial charge on any atom is -0.461 e. The molecule has 0 spiro atoms. The summed E-state index contributed by atoms with van der Waals surface area (Å²) in [6.07, 6.45) is 3.55. The summed E-state index contributed by atoms with van der Waals surface area (Å²) in [5.74, 6) is 0.867. The largest absolute Gasteiger partial charge is 0.461 e. The molecule has 0 aliphatic carbocycles. The first-order chi connectivity index (χ1) is 9.65. The van der Waals surface area contributed by atoms with Crippen molar-refractivity contribution in [3.8, 4) is 0 Å². The Balaban J connectivity index is 2.18. The van der Waals surface area contributed by atoms with Gasteiger partial charge < -0.3 is 13.8 Å². The van der Waals surface area contributed by atoms with Crippen LogP contribution in [0, 0.1) is 6.92 Å². The maximum absolute atomic E-state index is 11.9. The summed E-state index contributed by atoms with van der Waals surface area (Å²) >= 11 is 0. The standard InChI is InChI=1S/C14H19N3O3/c1-4-6-12-15-11(16-20-12)9-17-8-7-10(3)13(17)14(18)19-5-2/h7-8H,4-6,9H2,1-3H3. The van der Waals surface area contributed by atoms with Gasteiger partial charge in [0, 0.05) is 12.6 Å². The van der Waals surface area contributed by atoms with E-state index in [0.29, 0.717) is 30.6 Å². The minimum atomic E-state index is -0.327. The van der Waals surface area contributed by atoms with Crippen LogP contribution in [-0.2, 0) is 17.7 Å². The quantitative estimate of drug-likeness (QED) is 0.758. The third-order valence-corrected chi connectivity index (χ3v) is 2.92. The van der Waals surface area contributed by atoms with Crippen molar-refractivity contribution in [2.75, 3.05) is 6.61 Å². The highest BCUT2D eigenvalue weighted by Crippen LogP contribution is 2.13. The predicted molar refractivity (Wildman–Crippen MR) is 72.5 cm³/mol. The molecule has 0 fully saturated rings. The second-order valence-electron chi connectivity index (χ2n) is 4.55. The van der Waals surface area contributed by atoms with Crippen LogP contribution in [-0.4, -0.2) is 27.3 Å². The number of hydrogen-bond acceptors (Lipinski definition) is 5. The molecule has 0 bridgehead atoms. The lowest BCUT2D eigenvalue weighted by Crippen LogP contribution is -2.14. The summed E-state index contributed by atoms with van der Waals surface area (Å²) in [4.78, 5) is 16.2. The third-order valence-electron chi connectivity index (χ3n) is 2.92. The first-order valence-corrected chi connectivity index (χ1v) is 6.80. The maximum Gasteiger partial charge on any atom is 0.355 e. The Morgan fingerprint density at radius 3 is 2.95 bits per heavy atom. The average Bonchev–Trinajstić information content (AvgIpc) is 2.98. The van der Waals surface area contributed by atoms with Gasteiger partial charge in [0.15, 0.2) is 5.82 Å². The fourth-order valence-corrected chi connectivity index (χ4v) is 2.01. The zero-order valence-electron chi connectivity index (χ0n) is 12.0. The number of hydrogen-bond donors (Lipinski definition) is 0. The molecule has 0 aliphatic heterocycles. The van der Waals surface area contributed by atoms with E-state index in [9.17, 15) is 4.79 Å². The van der Waals surface area contributed by atoms with Crippen LogP contribution in [0.1, 0.15) is 48.0 Å². The summed E-state index contributed by atoms with van der Waals surface area (Å²) in [5, 5.41) is 3.93. The average molecular weight is 277 g/mol. The monoisotopic (exact) mass is 277 g/mol. The van der Waals surface area contributed by atoms with Crippen molar-refractivity contribution >= 4 is 5.97 Å². The molecule has 2 rings (SSSR count). The van der Waals surface area contributed by atoms with E-state index >= 15 is 0 Å². The van der Waals surface area contributed by atoms with E-state index in [0.717, 1.165) is 18.4 Å². The fourth-order valence-electron chi connectivity index (χ4n) is 2.01. The summed E-state index contributed by atoms with van der Waals surface area (Å²) in [6.45, 7) is 6.47. The molecular formula is C14H19N3O3. The third kappa shape index (κ3) is 3.07. The maximum atomic E-state index is 11.9. The van der Waals surface area contributed by atoms with Crippen LogP contribution < -0.4 is 0 Å². The molecule has 6 nitrogen and oxygen atoms in total. The van der Waals surface area contributed by atoms with Gasteiger partial charge in [-0.15, -0.1) is 0 Å². The molecule has 0 radical (unpaired) electrons. The smallest absolute Gasteiger partial charge is 0.355 e. The van der Waals surface area contributed by atoms with Crippen LogP contribution in [0.15, 0.2) is 16.8 Å². The van der Waals surface area contributed by atoms with Crippen LogP contribution in [0.5, 0.6) is 0 Å². The molecule has 2 aromatic rings. The predicted octanol–water partition coefficient (Wildman–Crippen LogP) is 2.36. The van der Waals surface area contributed by atoms with Gasteiger partial charge in [0.05, 0.1) is 13.2 Å². The van der Waals surface area contributed by atoms with Gasteiger partial charge in [-0.3, -0.25) is 0 Å². The SMILES string of the molecule is CCCc1nc(Cn2ccc(C)c2C(=O)OCC)no1. The molecule has 0 saturated carbocycles. The van der Waals surface area contributed by atoms with Gasteiger partial charge >= 0.3 is 5.97 Å². The second kappa shape index (κ2) is 6.36. The first kappa shape index (κ1) is 14.3. The van der Waals surface area contributed by atoms with E-state index in [2.05, 4.69) is 17.1 Å². The van der Waals surface area contributed by atoms with Crippen LogP contribution in [0.4, 0.5) is 0 Å². The van der Waals surface area contributed by atoms with Crippen molar-refractivity contribution in [2.24, 2.45) is 0 Å². The zero-order chi connectivity index (χ0) is 14.5. The van der Waals surface area contributed by atoms with Crippen LogP contribution in [0.25, 0.3) is 0 Å². The summed E-state index contributed by atoms with van der Waals surface area (Å²) < 4.78 is 12.0. The van der Waals surface area contributed by atoms with Crippen molar-refractivity contribution in [2.45, 2.75) is 40.2 Å². The molecule has 20 heavy (non-hydrogen) atoms. The van der Waals surface area contributed by atoms with Gasteiger partial charge in [-0.05, 0) is 31.9 Å². The van der Waals surface area contributed by atoms with E-state index in [1.807, 2.05) is 19.2 Å². The molecule has 0 amide bonds. The zero-order valence-corrected chi connectivity index (χ0v) is 12.0. The Bertz CT molecular complexity index is 586. The number of esters is 1. The summed E-state index contributed by atoms with van der Waals surface area (Å²) in [5.41, 5.74) is 1.41. The van der Waals surface area contributed by atoms with Gasteiger partial charge in [0.2, 0.25) is 5.89 Å². The molecule has 2 heterocycles. The molecule has 0 saturated heterocycles. The minimum absolute atomic E-state index is 0.327. The molecule has 0 N–H and O–H groups in total. The molecule has 2 aromatic heterocycles. The van der Waals surface area contributed by atoms with Gasteiger partial charge in [0.1, 0.15) is 5.69 Å². The molecule has 0 unspecified atom stereocenters. The van der Waals surface area contributed by atoms with Crippen molar-refractivity contribution in [3.63, 3.8) is 0 Å². The Kier molecular flexibility index (Phi) is 4.55. The van der Waals surface area contributed by atoms with Gasteiger partial charge in [-0.25, -0.2) is 4.79 Å². The lowest BCUT2D eigenvalue weighted by Gasteiger charge is -2.07. The Labute approximate surface area is 117 Å². The number of carbonyl (C=O) groups is 1. The molecule has 0 aliphatic rings. The Morgan fingerprint density at radius 1 is 1.45 bits per heavy atom. The molecule has 6 heteroatoms. The highest BCUT2D eigenvalue weighted by atomic mass is 16.5. The number of rotatable bonds is 6. The molecule has 108 valence electrons. The first-order valence-electron chi connectivity index (χ1n) is 6.80. The van der Waals surface area contributed by atoms with E-state index in [1.165, 1.54) is 0 Å². The Morgan fingerprint density at radius 2 is 2.25 bits per heavy atom. The number of aryl methyl sites for hydroxylation is 2. The normalized spacial score (nSPS) is 10.8. The lowest BCUT2D eigenvalue weighted by atomic mass is 10.3. The topological polar surface area (TPSA) is 70.2 Å². The van der Waals surface area contributed by atoms with Gasteiger partial charge in [-0.1, -0.05) is 12.1 Å². The van der Waals surface area contributed by atoms with E-state index in [-0.39, 0.29) is 5.97 Å². The van der Waals surface area contributed by atoms with Crippen molar-refractivity contribution in [1.29, 1.82) is 0 Å². The van der Waals surface area contributed by atoms with Gasteiger partial charge in [-0.2, -0.15) is 4.98 Å². The van der Waals surface area contributed by atoms with E-state index < -0.39 is 0 Å². The van der Waals surface area contributed by atoms with Crippen LogP contribution in [0.2, 0.25) is 0 Å². The van der Waals surface area contributed by atoms with Crippen LogP contribution >= 0.6 is 0 Å². The van der Waals surface area contributed by atoms with Gasteiger partial charge in [0.25, 0.3) is 0 Å². The van der Waals surface area contributed by atoms with Crippen molar-refractivity contribution in [1.82, 2.24) is 14.7 Å². The van der Waals surface area contributed by atoms with E-state index in [1.54, 1.807) is 11.5 Å². The number of ether oxygens (including phenoxy) is 1. The molecule has 0 atom stereocenters. The van der Waals surface area contributed by atoms with Crippen molar-refractivity contribution < 1.29 is 14.1 Å². The van der Waals surface area contributed by atoms with E-state index in [4.69, 9.17) is 9.26 Å². The highest BCUT2D eigenvalue weighted by Gasteiger charge is 2.17. The molecular weight excluding hydrogens is 258 g/mol. The fraction of sp³-hybridized carbons (Fsp3) is 0.500. The number of aromatic nitrogens is 3. The molecule has 0 aromatic carbocycles. The number of carbonyl (C=O) groups excluding carboxylic acids is 1. The number of nitrogens with zero attached hydrogens (tertiary/aromatic N) is 3. The summed E-state index contributed by atoms with van der Waals surface area (Å²) in [6, 6.07) is 1.87. The highest BCUT2D eigenvalue weighted by molar-refractivity contribution is 5.89. The van der Waals surface area contributed by atoms with Crippen LogP contribution in [0.3, 0.4) is 0 Å². The lowest BCUT2D eigenvalue weighted by molar-refractivity contribution is 0.0513. The summed E-state index contributed by atoms with van der Waals surface area (Å²) in [7, 11) is 0. The van der Waals surface area contributed by atoms with Crippen molar-refractivity contribution in [3.05, 3.63) is 35.2 Å².